The first-order valence-electron chi connectivity index (χ1n) is 10.9. The SMILES string of the molecule is CC(C)Nc1cc(Nc2ccc3ncsc3c2)ncc1-c1nnc(C2CCCCC2)o1. The molecular formula is C23H26N6OS. The monoisotopic (exact) mass is 434 g/mol. The van der Waals surface area contributed by atoms with E-state index in [1.807, 2.05) is 23.7 Å². The van der Waals surface area contributed by atoms with E-state index >= 15 is 0 Å². The highest BCUT2D eigenvalue weighted by Crippen LogP contribution is 2.35. The van der Waals surface area contributed by atoms with Crippen molar-refractivity contribution in [2.24, 2.45) is 0 Å². The summed E-state index contributed by atoms with van der Waals surface area (Å²) in [6.45, 7) is 4.21. The summed E-state index contributed by atoms with van der Waals surface area (Å²) in [6, 6.07) is 8.37. The lowest BCUT2D eigenvalue weighted by atomic mass is 9.89. The van der Waals surface area contributed by atoms with E-state index in [9.17, 15) is 0 Å². The minimum atomic E-state index is 0.253. The van der Waals surface area contributed by atoms with Crippen molar-refractivity contribution in [2.75, 3.05) is 10.6 Å². The third-order valence-corrected chi connectivity index (χ3v) is 6.37. The van der Waals surface area contributed by atoms with Crippen molar-refractivity contribution in [2.45, 2.75) is 57.9 Å². The number of pyridine rings is 1. The highest BCUT2D eigenvalue weighted by molar-refractivity contribution is 7.16. The molecule has 7 nitrogen and oxygen atoms in total. The molecule has 1 aromatic carbocycles. The average molecular weight is 435 g/mol. The molecule has 0 radical (unpaired) electrons. The van der Waals surface area contributed by atoms with Crippen molar-refractivity contribution in [1.29, 1.82) is 0 Å². The van der Waals surface area contributed by atoms with Crippen LogP contribution in [0.4, 0.5) is 17.2 Å². The molecule has 0 bridgehead atoms. The third kappa shape index (κ3) is 4.39. The van der Waals surface area contributed by atoms with Gasteiger partial charge in [0.15, 0.2) is 0 Å². The molecule has 1 fully saturated rings. The van der Waals surface area contributed by atoms with Gasteiger partial charge in [0.1, 0.15) is 5.82 Å². The van der Waals surface area contributed by atoms with Gasteiger partial charge in [-0.05, 0) is 44.9 Å². The number of nitrogens with zero attached hydrogens (tertiary/aromatic N) is 4. The van der Waals surface area contributed by atoms with Crippen molar-refractivity contribution in [3.63, 3.8) is 0 Å². The Morgan fingerprint density at radius 1 is 1.06 bits per heavy atom. The van der Waals surface area contributed by atoms with Gasteiger partial charge in [0.2, 0.25) is 5.89 Å². The largest absolute Gasteiger partial charge is 0.420 e. The topological polar surface area (TPSA) is 88.8 Å². The molecule has 1 aliphatic rings. The number of nitrogens with one attached hydrogen (secondary N) is 2. The molecule has 0 atom stereocenters. The fourth-order valence-corrected chi connectivity index (χ4v) is 4.78. The van der Waals surface area contributed by atoms with Crippen LogP contribution in [0.1, 0.15) is 57.8 Å². The lowest BCUT2D eigenvalue weighted by Crippen LogP contribution is -2.11. The minimum absolute atomic E-state index is 0.253. The quantitative estimate of drug-likeness (QED) is 0.365. The lowest BCUT2D eigenvalue weighted by molar-refractivity contribution is 0.367. The summed E-state index contributed by atoms with van der Waals surface area (Å²) >= 11 is 1.63. The molecule has 4 aromatic rings. The Balaban J connectivity index is 1.43. The molecule has 0 unspecified atom stereocenters. The maximum Gasteiger partial charge on any atom is 0.251 e. The van der Waals surface area contributed by atoms with Crippen molar-refractivity contribution >= 4 is 38.7 Å². The molecule has 8 heteroatoms. The Kier molecular flexibility index (Phi) is 5.55. The zero-order valence-corrected chi connectivity index (χ0v) is 18.6. The summed E-state index contributed by atoms with van der Waals surface area (Å²) in [5.74, 6) is 2.41. The maximum atomic E-state index is 6.10. The van der Waals surface area contributed by atoms with Crippen LogP contribution >= 0.6 is 11.3 Å². The van der Waals surface area contributed by atoms with Gasteiger partial charge >= 0.3 is 0 Å². The van der Waals surface area contributed by atoms with Crippen LogP contribution in [0.15, 0.2) is 40.4 Å². The molecule has 0 spiro atoms. The van der Waals surface area contributed by atoms with Gasteiger partial charge in [-0.2, -0.15) is 0 Å². The highest BCUT2D eigenvalue weighted by atomic mass is 32.1. The van der Waals surface area contributed by atoms with Crippen LogP contribution in [0.5, 0.6) is 0 Å². The number of thiazole rings is 1. The number of aromatic nitrogens is 4. The summed E-state index contributed by atoms with van der Waals surface area (Å²) < 4.78 is 7.24. The zero-order valence-electron chi connectivity index (χ0n) is 17.8. The van der Waals surface area contributed by atoms with E-state index in [2.05, 4.69) is 50.7 Å². The molecule has 3 aromatic heterocycles. The van der Waals surface area contributed by atoms with Gasteiger partial charge in [-0.3, -0.25) is 0 Å². The molecule has 5 rings (SSSR count). The van der Waals surface area contributed by atoms with Crippen molar-refractivity contribution in [1.82, 2.24) is 20.2 Å². The highest BCUT2D eigenvalue weighted by Gasteiger charge is 2.23. The van der Waals surface area contributed by atoms with E-state index in [4.69, 9.17) is 4.42 Å². The van der Waals surface area contributed by atoms with E-state index in [1.54, 1.807) is 17.5 Å². The van der Waals surface area contributed by atoms with E-state index in [1.165, 1.54) is 19.3 Å². The predicted molar refractivity (Wildman–Crippen MR) is 125 cm³/mol. The third-order valence-electron chi connectivity index (χ3n) is 5.58. The number of anilines is 3. The van der Waals surface area contributed by atoms with Gasteiger partial charge in [-0.15, -0.1) is 21.5 Å². The second-order valence-electron chi connectivity index (χ2n) is 8.35. The van der Waals surface area contributed by atoms with Gasteiger partial charge in [0.25, 0.3) is 5.89 Å². The van der Waals surface area contributed by atoms with Gasteiger partial charge in [-0.25, -0.2) is 9.97 Å². The molecule has 31 heavy (non-hydrogen) atoms. The van der Waals surface area contributed by atoms with Gasteiger partial charge in [0, 0.05) is 29.9 Å². The number of hydrogen-bond donors (Lipinski definition) is 2. The Hall–Kier alpha value is -3.00. The summed E-state index contributed by atoms with van der Waals surface area (Å²) in [7, 11) is 0. The van der Waals surface area contributed by atoms with Crippen LogP contribution in [0.2, 0.25) is 0 Å². The van der Waals surface area contributed by atoms with E-state index in [0.29, 0.717) is 11.8 Å². The Morgan fingerprint density at radius 2 is 1.94 bits per heavy atom. The maximum absolute atomic E-state index is 6.10. The Labute approximate surface area is 185 Å². The van der Waals surface area contributed by atoms with Crippen LogP contribution in [0, 0.1) is 0 Å². The average Bonchev–Trinajstić information content (AvgIpc) is 3.44. The van der Waals surface area contributed by atoms with Gasteiger partial charge in [0.05, 0.1) is 27.0 Å². The number of rotatable bonds is 6. The fraction of sp³-hybridized carbons (Fsp3) is 0.391. The molecule has 160 valence electrons. The van der Waals surface area contributed by atoms with Crippen LogP contribution in [-0.2, 0) is 0 Å². The molecule has 0 saturated heterocycles. The first-order valence-corrected chi connectivity index (χ1v) is 11.7. The van der Waals surface area contributed by atoms with Crippen LogP contribution < -0.4 is 10.6 Å². The minimum Gasteiger partial charge on any atom is -0.420 e. The molecule has 0 amide bonds. The van der Waals surface area contributed by atoms with Crippen molar-refractivity contribution in [3.8, 4) is 11.5 Å². The summed E-state index contributed by atoms with van der Waals surface area (Å²) in [5.41, 5.74) is 5.59. The van der Waals surface area contributed by atoms with E-state index < -0.39 is 0 Å². The second-order valence-corrected chi connectivity index (χ2v) is 9.24. The molecular weight excluding hydrogens is 408 g/mol. The van der Waals surface area contributed by atoms with Crippen molar-refractivity contribution < 1.29 is 4.42 Å². The molecule has 0 aliphatic heterocycles. The predicted octanol–water partition coefficient (Wildman–Crippen LogP) is 6.35. The van der Waals surface area contributed by atoms with Gasteiger partial charge in [-0.1, -0.05) is 19.3 Å². The zero-order chi connectivity index (χ0) is 21.2. The smallest absolute Gasteiger partial charge is 0.251 e. The van der Waals surface area contributed by atoms with E-state index in [-0.39, 0.29) is 6.04 Å². The number of fused-ring (bicyclic) bond motifs is 1. The van der Waals surface area contributed by atoms with Crippen LogP contribution in [-0.4, -0.2) is 26.2 Å². The van der Waals surface area contributed by atoms with Crippen LogP contribution in [0.3, 0.4) is 0 Å². The first-order chi connectivity index (χ1) is 15.2. The lowest BCUT2D eigenvalue weighted by Gasteiger charge is -2.17. The first kappa shape index (κ1) is 19.9. The summed E-state index contributed by atoms with van der Waals surface area (Å²) in [4.78, 5) is 8.95. The van der Waals surface area contributed by atoms with Crippen molar-refractivity contribution in [3.05, 3.63) is 41.9 Å². The second kappa shape index (κ2) is 8.63. The normalized spacial score (nSPS) is 14.9. The Morgan fingerprint density at radius 3 is 2.77 bits per heavy atom. The number of benzene rings is 1. The fourth-order valence-electron chi connectivity index (χ4n) is 4.06. The molecule has 2 N–H and O–H groups in total. The van der Waals surface area contributed by atoms with Gasteiger partial charge < -0.3 is 15.1 Å². The summed E-state index contributed by atoms with van der Waals surface area (Å²) in [5, 5.41) is 15.6. The molecule has 1 aliphatic carbocycles. The van der Waals surface area contributed by atoms with Crippen LogP contribution in [0.25, 0.3) is 21.7 Å². The Bertz CT molecular complexity index is 1180. The van der Waals surface area contributed by atoms with E-state index in [0.717, 1.165) is 51.7 Å². The molecule has 3 heterocycles. The molecule has 1 saturated carbocycles. The summed E-state index contributed by atoms with van der Waals surface area (Å²) in [6.07, 6.45) is 7.83. The number of hydrogen-bond acceptors (Lipinski definition) is 8. The standard InChI is InChI=1S/C23H26N6OS/c1-14(2)26-19-11-21(27-16-8-9-18-20(10-16)31-13-25-18)24-12-17(19)23-29-28-22(30-23)15-6-4-3-5-7-15/h8-15H,3-7H2,1-2H3,(H2,24,26,27).